The molecule has 2 heterocycles. The maximum atomic E-state index is 13.4. The van der Waals surface area contributed by atoms with Crippen molar-refractivity contribution in [3.8, 4) is 5.75 Å². The van der Waals surface area contributed by atoms with Crippen LogP contribution in [0, 0.1) is 5.82 Å². The molecule has 1 aromatic heterocycles. The quantitative estimate of drug-likeness (QED) is 0.415. The number of aliphatic hydroxyl groups excluding tert-OH is 1. The van der Waals surface area contributed by atoms with Crippen LogP contribution in [0.4, 0.5) is 4.39 Å². The Morgan fingerprint density at radius 2 is 1.84 bits per heavy atom. The lowest BCUT2D eigenvalue weighted by atomic mass is 9.88. The monoisotopic (exact) mass is 435 g/mol. The minimum Gasteiger partial charge on any atom is -0.490 e. The second kappa shape index (κ2) is 8.95. The Morgan fingerprint density at radius 1 is 1.03 bits per heavy atom. The molecule has 5 rings (SSSR count). The molecule has 31 heavy (non-hydrogen) atoms. The molecule has 3 aromatic carbocycles. The molecule has 0 amide bonds. The summed E-state index contributed by atoms with van der Waals surface area (Å²) < 4.78 is 20.5. The molecular formula is C26H26FNO2S. The van der Waals surface area contributed by atoms with Crippen LogP contribution < -0.4 is 4.74 Å². The Morgan fingerprint density at radius 3 is 2.71 bits per heavy atom. The van der Waals surface area contributed by atoms with Gasteiger partial charge in [-0.1, -0.05) is 30.3 Å². The van der Waals surface area contributed by atoms with E-state index in [-0.39, 0.29) is 5.82 Å². The molecule has 0 bridgehead atoms. The molecule has 160 valence electrons. The summed E-state index contributed by atoms with van der Waals surface area (Å²) >= 11 is 1.70. The molecular weight excluding hydrogens is 409 g/mol. The van der Waals surface area contributed by atoms with Crippen LogP contribution in [-0.4, -0.2) is 42.4 Å². The first-order valence-electron chi connectivity index (χ1n) is 10.8. The number of hydrogen-bond donors (Lipinski definition) is 1. The number of piperidine rings is 1. The minimum atomic E-state index is -0.513. The van der Waals surface area contributed by atoms with Crippen LogP contribution in [0.15, 0.2) is 66.0 Å². The SMILES string of the molecule is O[C@H](COc1cccc2sccc12)CN1CCC(c2ccc3cc(F)ccc3c2)CC1. The van der Waals surface area contributed by atoms with Crippen molar-refractivity contribution in [3.63, 3.8) is 0 Å². The van der Waals surface area contributed by atoms with E-state index in [1.807, 2.05) is 24.3 Å². The maximum absolute atomic E-state index is 13.4. The predicted molar refractivity (Wildman–Crippen MR) is 126 cm³/mol. The summed E-state index contributed by atoms with van der Waals surface area (Å²) in [4.78, 5) is 2.33. The first-order valence-corrected chi connectivity index (χ1v) is 11.7. The van der Waals surface area contributed by atoms with E-state index in [0.717, 1.165) is 47.8 Å². The summed E-state index contributed by atoms with van der Waals surface area (Å²) in [7, 11) is 0. The van der Waals surface area contributed by atoms with Gasteiger partial charge in [0, 0.05) is 16.6 Å². The summed E-state index contributed by atoms with van der Waals surface area (Å²) in [5.74, 6) is 1.16. The van der Waals surface area contributed by atoms with Crippen LogP contribution in [0.3, 0.4) is 0 Å². The molecule has 0 spiro atoms. The van der Waals surface area contributed by atoms with Crippen molar-refractivity contribution in [2.75, 3.05) is 26.2 Å². The lowest BCUT2D eigenvalue weighted by molar-refractivity contribution is 0.0599. The number of likely N-dealkylation sites (tertiary alicyclic amines) is 1. The van der Waals surface area contributed by atoms with Crippen molar-refractivity contribution in [2.24, 2.45) is 0 Å². The Kier molecular flexibility index (Phi) is 5.90. The van der Waals surface area contributed by atoms with Gasteiger partial charge in [0.15, 0.2) is 0 Å². The zero-order valence-electron chi connectivity index (χ0n) is 17.3. The smallest absolute Gasteiger partial charge is 0.128 e. The van der Waals surface area contributed by atoms with Crippen LogP contribution in [0.2, 0.25) is 0 Å². The van der Waals surface area contributed by atoms with E-state index in [0.29, 0.717) is 19.1 Å². The van der Waals surface area contributed by atoms with Gasteiger partial charge in [0.25, 0.3) is 0 Å². The topological polar surface area (TPSA) is 32.7 Å². The number of fused-ring (bicyclic) bond motifs is 2. The highest BCUT2D eigenvalue weighted by molar-refractivity contribution is 7.17. The summed E-state index contributed by atoms with van der Waals surface area (Å²) in [6.45, 7) is 2.85. The number of benzene rings is 3. The van der Waals surface area contributed by atoms with Gasteiger partial charge >= 0.3 is 0 Å². The second-order valence-electron chi connectivity index (χ2n) is 8.38. The standard InChI is InChI=1S/C26H26FNO2S/c27-22-7-6-20-14-19(4-5-21(20)15-22)18-8-11-28(12-9-18)16-23(29)17-30-25-2-1-3-26-24(25)10-13-31-26/h1-7,10,13-15,18,23,29H,8-9,11-12,16-17H2/t23-/m0/s1. The summed E-state index contributed by atoms with van der Waals surface area (Å²) in [6, 6.07) is 19.4. The zero-order valence-corrected chi connectivity index (χ0v) is 18.2. The number of hydrogen-bond acceptors (Lipinski definition) is 4. The molecule has 4 aromatic rings. The third-order valence-corrected chi connectivity index (χ3v) is 7.12. The van der Waals surface area contributed by atoms with Gasteiger partial charge in [0.2, 0.25) is 0 Å². The number of β-amino-alcohol motifs (C(OH)–C–C–N with tert-alkyl or cyclic N) is 1. The molecule has 5 heteroatoms. The third-order valence-electron chi connectivity index (χ3n) is 6.24. The van der Waals surface area contributed by atoms with Gasteiger partial charge < -0.3 is 14.7 Å². The van der Waals surface area contributed by atoms with Crippen molar-refractivity contribution in [2.45, 2.75) is 24.9 Å². The second-order valence-corrected chi connectivity index (χ2v) is 9.33. The van der Waals surface area contributed by atoms with Gasteiger partial charge in [0.05, 0.1) is 0 Å². The van der Waals surface area contributed by atoms with Gasteiger partial charge in [-0.3, -0.25) is 0 Å². The summed E-state index contributed by atoms with van der Waals surface area (Å²) in [6.07, 6.45) is 1.61. The van der Waals surface area contributed by atoms with Crippen LogP contribution in [0.5, 0.6) is 5.75 Å². The minimum absolute atomic E-state index is 0.192. The van der Waals surface area contributed by atoms with E-state index in [1.165, 1.54) is 16.3 Å². The highest BCUT2D eigenvalue weighted by Gasteiger charge is 2.22. The van der Waals surface area contributed by atoms with Crippen LogP contribution in [0.1, 0.15) is 24.3 Å². The average molecular weight is 436 g/mol. The number of rotatable bonds is 6. The molecule has 1 fully saturated rings. The summed E-state index contributed by atoms with van der Waals surface area (Å²) in [5, 5.41) is 15.7. The van der Waals surface area contributed by atoms with Crippen molar-refractivity contribution < 1.29 is 14.2 Å². The molecule has 0 unspecified atom stereocenters. The predicted octanol–water partition coefficient (Wildman–Crippen LogP) is 5.81. The van der Waals surface area contributed by atoms with Crippen molar-refractivity contribution in [1.82, 2.24) is 4.90 Å². The first kappa shape index (κ1) is 20.4. The molecule has 1 saturated heterocycles. The Balaban J connectivity index is 1.14. The van der Waals surface area contributed by atoms with Gasteiger partial charge in [-0.2, -0.15) is 0 Å². The molecule has 1 aliphatic heterocycles. The fourth-order valence-electron chi connectivity index (χ4n) is 4.57. The van der Waals surface area contributed by atoms with Gasteiger partial charge in [-0.15, -0.1) is 11.3 Å². The molecule has 0 radical (unpaired) electrons. The Bertz CT molecular complexity index is 1180. The Hall–Kier alpha value is -2.47. The van der Waals surface area contributed by atoms with Crippen LogP contribution >= 0.6 is 11.3 Å². The maximum Gasteiger partial charge on any atom is 0.128 e. The molecule has 0 saturated carbocycles. The summed E-state index contributed by atoms with van der Waals surface area (Å²) in [5.41, 5.74) is 1.33. The van der Waals surface area contributed by atoms with Gasteiger partial charge in [0.1, 0.15) is 24.3 Å². The normalized spacial score (nSPS) is 16.7. The van der Waals surface area contributed by atoms with E-state index >= 15 is 0 Å². The van der Waals surface area contributed by atoms with E-state index in [4.69, 9.17) is 4.74 Å². The molecule has 1 atom stereocenters. The number of nitrogens with zero attached hydrogens (tertiary/aromatic N) is 1. The van der Waals surface area contributed by atoms with Gasteiger partial charge in [-0.25, -0.2) is 4.39 Å². The van der Waals surface area contributed by atoms with Gasteiger partial charge in [-0.05, 0) is 83.9 Å². The molecule has 1 N–H and O–H groups in total. The fourth-order valence-corrected chi connectivity index (χ4v) is 5.37. The van der Waals surface area contributed by atoms with Crippen LogP contribution in [-0.2, 0) is 0 Å². The highest BCUT2D eigenvalue weighted by atomic mass is 32.1. The largest absolute Gasteiger partial charge is 0.490 e. The number of ether oxygens (including phenoxy) is 1. The lowest BCUT2D eigenvalue weighted by Gasteiger charge is -2.33. The third kappa shape index (κ3) is 4.59. The highest BCUT2D eigenvalue weighted by Crippen LogP contribution is 2.31. The molecule has 1 aliphatic rings. The molecule has 0 aliphatic carbocycles. The van der Waals surface area contributed by atoms with E-state index < -0.39 is 6.10 Å². The van der Waals surface area contributed by atoms with Crippen molar-refractivity contribution in [3.05, 3.63) is 77.4 Å². The Labute approximate surface area is 185 Å². The average Bonchev–Trinajstić information content (AvgIpc) is 3.27. The van der Waals surface area contributed by atoms with E-state index in [9.17, 15) is 9.50 Å². The number of halogens is 1. The zero-order chi connectivity index (χ0) is 21.2. The molecule has 3 nitrogen and oxygen atoms in total. The van der Waals surface area contributed by atoms with E-state index in [2.05, 4.69) is 34.5 Å². The van der Waals surface area contributed by atoms with Crippen LogP contribution in [0.25, 0.3) is 20.9 Å². The number of thiophene rings is 1. The van der Waals surface area contributed by atoms with Crippen molar-refractivity contribution in [1.29, 1.82) is 0 Å². The lowest BCUT2D eigenvalue weighted by Crippen LogP contribution is -2.40. The van der Waals surface area contributed by atoms with Crippen molar-refractivity contribution >= 4 is 32.2 Å². The number of aliphatic hydroxyl groups is 1. The van der Waals surface area contributed by atoms with E-state index in [1.54, 1.807) is 17.4 Å². The fraction of sp³-hybridized carbons (Fsp3) is 0.308. The first-order chi connectivity index (χ1) is 15.2.